The van der Waals surface area contributed by atoms with Crippen molar-refractivity contribution in [2.45, 2.75) is 25.7 Å². The summed E-state index contributed by atoms with van der Waals surface area (Å²) in [5.74, 6) is 1.65. The summed E-state index contributed by atoms with van der Waals surface area (Å²) in [6.07, 6.45) is 2.55. The highest BCUT2D eigenvalue weighted by Crippen LogP contribution is 2.53. The maximum Gasteiger partial charge on any atom is 0.130 e. The van der Waals surface area contributed by atoms with Gasteiger partial charge in [-0.3, -0.25) is 0 Å². The minimum atomic E-state index is 0.0433. The summed E-state index contributed by atoms with van der Waals surface area (Å²) < 4.78 is 11.2. The van der Waals surface area contributed by atoms with Crippen molar-refractivity contribution in [1.82, 2.24) is 0 Å². The van der Waals surface area contributed by atoms with Crippen LogP contribution in [-0.4, -0.2) is 34.6 Å². The number of phenolic OH excluding ortho intramolecular Hbond substituents is 4. The molecule has 6 heteroatoms. The van der Waals surface area contributed by atoms with Gasteiger partial charge in [-0.15, -0.1) is 0 Å². The van der Waals surface area contributed by atoms with Crippen LogP contribution in [0.3, 0.4) is 0 Å². The number of aryl methyl sites for hydroxylation is 2. The fourth-order valence-electron chi connectivity index (χ4n) is 5.90. The van der Waals surface area contributed by atoms with Gasteiger partial charge in [0.1, 0.15) is 34.5 Å². The number of methoxy groups -OCH3 is 2. The van der Waals surface area contributed by atoms with E-state index in [0.29, 0.717) is 48.3 Å². The number of ether oxygens (including phenoxy) is 2. The van der Waals surface area contributed by atoms with Crippen molar-refractivity contribution in [3.8, 4) is 67.9 Å². The van der Waals surface area contributed by atoms with Gasteiger partial charge in [-0.05, 0) is 77.8 Å². The summed E-state index contributed by atoms with van der Waals surface area (Å²) in [5, 5.41) is 42.8. The Hall–Kier alpha value is -4.32. The zero-order valence-electron chi connectivity index (χ0n) is 20.1. The fraction of sp³-hybridized carbons (Fsp3) is 0.200. The van der Waals surface area contributed by atoms with Crippen LogP contribution < -0.4 is 9.47 Å². The van der Waals surface area contributed by atoms with Crippen LogP contribution in [0.5, 0.6) is 34.5 Å². The molecule has 0 fully saturated rings. The van der Waals surface area contributed by atoms with E-state index in [-0.39, 0.29) is 23.0 Å². The van der Waals surface area contributed by atoms with E-state index in [9.17, 15) is 20.4 Å². The molecule has 0 aliphatic heterocycles. The first-order valence-corrected chi connectivity index (χ1v) is 11.9. The Balaban J connectivity index is 1.58. The maximum absolute atomic E-state index is 11.6. The van der Waals surface area contributed by atoms with Gasteiger partial charge in [-0.1, -0.05) is 12.1 Å². The molecule has 36 heavy (non-hydrogen) atoms. The maximum atomic E-state index is 11.6. The topological polar surface area (TPSA) is 99.4 Å². The summed E-state index contributed by atoms with van der Waals surface area (Å²) in [5.41, 5.74) is 8.37. The molecule has 2 aliphatic carbocycles. The minimum absolute atomic E-state index is 0.0433. The van der Waals surface area contributed by atoms with Gasteiger partial charge < -0.3 is 29.9 Å². The SMILES string of the molecule is COc1cc(O)cc2c1-c1ccc(-c3c(O)cc(OC)c4c3CCc3cc(O)ccc3-4)c(O)c1CC2. The monoisotopic (exact) mass is 482 g/mol. The molecule has 0 aromatic heterocycles. The molecule has 2 aliphatic rings. The van der Waals surface area contributed by atoms with Gasteiger partial charge in [0.25, 0.3) is 0 Å². The van der Waals surface area contributed by atoms with Gasteiger partial charge in [0, 0.05) is 39.9 Å². The number of hydrogen-bond acceptors (Lipinski definition) is 6. The van der Waals surface area contributed by atoms with Crippen molar-refractivity contribution in [2.24, 2.45) is 0 Å². The third-order valence-electron chi connectivity index (χ3n) is 7.45. The third-order valence-corrected chi connectivity index (χ3v) is 7.45. The summed E-state index contributed by atoms with van der Waals surface area (Å²) in [7, 11) is 3.14. The molecule has 6 nitrogen and oxygen atoms in total. The number of phenols is 4. The second-order valence-corrected chi connectivity index (χ2v) is 9.34. The molecule has 0 saturated carbocycles. The highest BCUT2D eigenvalue weighted by molar-refractivity contribution is 5.93. The number of rotatable bonds is 3. The molecule has 0 unspecified atom stereocenters. The first-order valence-electron chi connectivity index (χ1n) is 11.9. The van der Waals surface area contributed by atoms with Gasteiger partial charge in [0.2, 0.25) is 0 Å². The van der Waals surface area contributed by atoms with Crippen molar-refractivity contribution < 1.29 is 29.9 Å². The van der Waals surface area contributed by atoms with Crippen LogP contribution in [0.4, 0.5) is 0 Å². The van der Waals surface area contributed by atoms with E-state index in [1.165, 1.54) is 0 Å². The standard InChI is InChI=1S/C30H26O6/c1-35-25-13-18(32)12-16-4-6-21-20(27(16)25)9-10-23(30(21)34)28-22-7-3-15-11-17(31)5-8-19(15)29(22)26(36-2)14-24(28)33/h5,8-14,31-34H,3-4,6-7H2,1-2H3. The number of fused-ring (bicyclic) bond motifs is 6. The van der Waals surface area contributed by atoms with E-state index >= 15 is 0 Å². The fourth-order valence-corrected chi connectivity index (χ4v) is 5.90. The number of benzene rings is 4. The van der Waals surface area contributed by atoms with Gasteiger partial charge in [-0.2, -0.15) is 0 Å². The summed E-state index contributed by atoms with van der Waals surface area (Å²) in [4.78, 5) is 0. The summed E-state index contributed by atoms with van der Waals surface area (Å²) in [6, 6.07) is 14.0. The van der Waals surface area contributed by atoms with Crippen LogP contribution in [0.1, 0.15) is 22.3 Å². The molecule has 0 heterocycles. The van der Waals surface area contributed by atoms with Crippen molar-refractivity contribution in [3.05, 3.63) is 70.8 Å². The van der Waals surface area contributed by atoms with E-state index in [1.54, 1.807) is 44.6 Å². The lowest BCUT2D eigenvalue weighted by Gasteiger charge is -2.28. The van der Waals surface area contributed by atoms with E-state index in [1.807, 2.05) is 18.2 Å². The van der Waals surface area contributed by atoms with Crippen LogP contribution in [0.15, 0.2) is 48.5 Å². The van der Waals surface area contributed by atoms with Crippen molar-refractivity contribution >= 4 is 0 Å². The van der Waals surface area contributed by atoms with E-state index in [4.69, 9.17) is 9.47 Å². The first-order chi connectivity index (χ1) is 17.4. The molecule has 0 spiro atoms. The van der Waals surface area contributed by atoms with Crippen LogP contribution in [0, 0.1) is 0 Å². The Bertz CT molecular complexity index is 1540. The van der Waals surface area contributed by atoms with E-state index in [0.717, 1.165) is 44.5 Å². The quantitative estimate of drug-likeness (QED) is 0.298. The number of hydrogen-bond donors (Lipinski definition) is 4. The smallest absolute Gasteiger partial charge is 0.130 e. The van der Waals surface area contributed by atoms with Gasteiger partial charge >= 0.3 is 0 Å². The Morgan fingerprint density at radius 2 is 1.19 bits per heavy atom. The largest absolute Gasteiger partial charge is 0.508 e. The van der Waals surface area contributed by atoms with Crippen LogP contribution in [0.25, 0.3) is 33.4 Å². The molecule has 4 aromatic carbocycles. The summed E-state index contributed by atoms with van der Waals surface area (Å²) >= 11 is 0. The third kappa shape index (κ3) is 3.18. The average molecular weight is 483 g/mol. The van der Waals surface area contributed by atoms with E-state index < -0.39 is 0 Å². The van der Waals surface area contributed by atoms with E-state index in [2.05, 4.69) is 0 Å². The summed E-state index contributed by atoms with van der Waals surface area (Å²) in [6.45, 7) is 0. The molecule has 0 radical (unpaired) electrons. The Labute approximate surface area is 208 Å². The molecule has 0 amide bonds. The molecule has 0 saturated heterocycles. The van der Waals surface area contributed by atoms with Crippen LogP contribution in [-0.2, 0) is 25.7 Å². The molecule has 0 bridgehead atoms. The highest BCUT2D eigenvalue weighted by Gasteiger charge is 2.30. The molecule has 6 rings (SSSR count). The number of aromatic hydroxyl groups is 4. The Morgan fingerprint density at radius 1 is 0.556 bits per heavy atom. The first kappa shape index (κ1) is 22.2. The molecule has 182 valence electrons. The molecule has 4 aromatic rings. The second-order valence-electron chi connectivity index (χ2n) is 9.34. The van der Waals surface area contributed by atoms with Crippen molar-refractivity contribution in [3.63, 3.8) is 0 Å². The normalized spacial score (nSPS) is 13.3. The van der Waals surface area contributed by atoms with Crippen LogP contribution in [0.2, 0.25) is 0 Å². The molecule has 0 atom stereocenters. The predicted molar refractivity (Wildman–Crippen MR) is 137 cm³/mol. The molecular formula is C30H26O6. The zero-order valence-corrected chi connectivity index (χ0v) is 20.1. The molecular weight excluding hydrogens is 456 g/mol. The van der Waals surface area contributed by atoms with Gasteiger partial charge in [0.05, 0.1) is 14.2 Å². The lowest BCUT2D eigenvalue weighted by Crippen LogP contribution is -2.09. The van der Waals surface area contributed by atoms with Crippen molar-refractivity contribution in [1.29, 1.82) is 0 Å². The van der Waals surface area contributed by atoms with Gasteiger partial charge in [0.15, 0.2) is 0 Å². The zero-order chi connectivity index (χ0) is 25.1. The Kier molecular flexibility index (Phi) is 5.00. The molecule has 4 N–H and O–H groups in total. The Morgan fingerprint density at radius 3 is 1.97 bits per heavy atom. The highest BCUT2D eigenvalue weighted by atomic mass is 16.5. The van der Waals surface area contributed by atoms with Crippen LogP contribution >= 0.6 is 0 Å². The second kappa shape index (κ2) is 8.12. The van der Waals surface area contributed by atoms with Crippen molar-refractivity contribution in [2.75, 3.05) is 14.2 Å². The predicted octanol–water partition coefficient (Wildman–Crippen LogP) is 5.72. The minimum Gasteiger partial charge on any atom is -0.508 e. The lowest BCUT2D eigenvalue weighted by molar-refractivity contribution is 0.407. The lowest BCUT2D eigenvalue weighted by atomic mass is 9.78. The average Bonchev–Trinajstić information content (AvgIpc) is 2.87. The van der Waals surface area contributed by atoms with Gasteiger partial charge in [-0.25, -0.2) is 0 Å².